The van der Waals surface area contributed by atoms with Crippen molar-refractivity contribution in [2.45, 2.75) is 33.5 Å². The van der Waals surface area contributed by atoms with Crippen molar-refractivity contribution in [2.24, 2.45) is 5.92 Å². The van der Waals surface area contributed by atoms with E-state index in [9.17, 15) is 14.4 Å². The van der Waals surface area contributed by atoms with Crippen LogP contribution in [0.1, 0.15) is 25.2 Å². The van der Waals surface area contributed by atoms with E-state index in [1.165, 1.54) is 0 Å². The van der Waals surface area contributed by atoms with E-state index < -0.39 is 6.03 Å². The average Bonchev–Trinajstić information content (AvgIpc) is 3.09. The van der Waals surface area contributed by atoms with Gasteiger partial charge in [0.2, 0.25) is 5.91 Å². The van der Waals surface area contributed by atoms with Crippen LogP contribution in [-0.4, -0.2) is 63.6 Å². The van der Waals surface area contributed by atoms with Gasteiger partial charge in [0.1, 0.15) is 6.54 Å². The first-order valence-corrected chi connectivity index (χ1v) is 8.55. The number of nitrogens with one attached hydrogen (secondary N) is 2. The quantitative estimate of drug-likeness (QED) is 0.677. The van der Waals surface area contributed by atoms with E-state index in [2.05, 4.69) is 34.5 Å². The molecule has 1 fully saturated rings. The summed E-state index contributed by atoms with van der Waals surface area (Å²) < 4.78 is 1.98. The van der Waals surface area contributed by atoms with Gasteiger partial charge >= 0.3 is 6.03 Å². The van der Waals surface area contributed by atoms with Gasteiger partial charge in [0.25, 0.3) is 5.91 Å². The number of amides is 4. The zero-order chi connectivity index (χ0) is 18.0. The van der Waals surface area contributed by atoms with E-state index in [4.69, 9.17) is 0 Å². The zero-order valence-electron chi connectivity index (χ0n) is 14.6. The molecule has 1 aromatic rings. The highest BCUT2D eigenvalue weighted by Crippen LogP contribution is 2.15. The Balaban J connectivity index is 1.51. The third kappa shape index (κ3) is 4.16. The topological polar surface area (TPSA) is 99.6 Å². The van der Waals surface area contributed by atoms with Crippen LogP contribution in [0.4, 0.5) is 4.79 Å². The van der Waals surface area contributed by atoms with Crippen LogP contribution in [0.3, 0.4) is 0 Å². The fourth-order valence-corrected chi connectivity index (χ4v) is 3.14. The number of carbonyl (C=O) groups is 3. The first-order valence-electron chi connectivity index (χ1n) is 8.55. The van der Waals surface area contributed by atoms with Gasteiger partial charge in [0.05, 0.1) is 31.0 Å². The van der Waals surface area contributed by atoms with Gasteiger partial charge in [0, 0.05) is 19.6 Å². The largest absolute Gasteiger partial charge is 0.349 e. The van der Waals surface area contributed by atoms with E-state index in [0.29, 0.717) is 5.92 Å². The summed E-state index contributed by atoms with van der Waals surface area (Å²) in [4.78, 5) is 38.2. The Morgan fingerprint density at radius 3 is 2.84 bits per heavy atom. The monoisotopic (exact) mass is 348 g/mol. The summed E-state index contributed by atoms with van der Waals surface area (Å²) in [6.45, 7) is 8.13. The van der Waals surface area contributed by atoms with E-state index in [1.807, 2.05) is 10.7 Å². The Labute approximate surface area is 146 Å². The van der Waals surface area contributed by atoms with Crippen LogP contribution >= 0.6 is 0 Å². The van der Waals surface area contributed by atoms with Crippen LogP contribution in [-0.2, 0) is 29.2 Å². The minimum absolute atomic E-state index is 0.0489. The van der Waals surface area contributed by atoms with Crippen LogP contribution in [0, 0.1) is 5.92 Å². The molecular weight excluding hydrogens is 324 g/mol. The average molecular weight is 348 g/mol. The fourth-order valence-electron chi connectivity index (χ4n) is 3.14. The lowest BCUT2D eigenvalue weighted by Gasteiger charge is -2.28. The summed E-state index contributed by atoms with van der Waals surface area (Å²) in [6.07, 6.45) is 0. The molecule has 2 aliphatic heterocycles. The molecular formula is C16H24N6O3. The number of carbonyl (C=O) groups excluding carboxylic acids is 3. The van der Waals surface area contributed by atoms with Crippen LogP contribution in [0.15, 0.2) is 6.07 Å². The number of fused-ring (bicyclic) bond motifs is 1. The van der Waals surface area contributed by atoms with Crippen molar-refractivity contribution in [1.29, 1.82) is 0 Å². The Hall–Kier alpha value is -2.42. The molecule has 0 atom stereocenters. The highest BCUT2D eigenvalue weighted by atomic mass is 16.2. The molecule has 9 nitrogen and oxygen atoms in total. The van der Waals surface area contributed by atoms with Crippen molar-refractivity contribution < 1.29 is 14.4 Å². The standard InChI is InChI=1S/C16H24N6O3/c1-11(2)8-20-3-4-22-13(9-20)5-12(19-22)6-17-14(23)10-21-15(24)7-18-16(21)25/h5,11H,3-4,6-10H2,1-2H3,(H,17,23)(H,18,25). The van der Waals surface area contributed by atoms with Crippen molar-refractivity contribution in [3.05, 3.63) is 17.5 Å². The first kappa shape index (κ1) is 17.4. The summed E-state index contributed by atoms with van der Waals surface area (Å²) >= 11 is 0. The van der Waals surface area contributed by atoms with Gasteiger partial charge in [-0.3, -0.25) is 24.1 Å². The van der Waals surface area contributed by atoms with Crippen LogP contribution < -0.4 is 10.6 Å². The van der Waals surface area contributed by atoms with Gasteiger partial charge in [-0.2, -0.15) is 5.10 Å². The molecule has 0 unspecified atom stereocenters. The molecule has 9 heteroatoms. The Kier molecular flexibility index (Phi) is 5.03. The Bertz CT molecular complexity index is 667. The summed E-state index contributed by atoms with van der Waals surface area (Å²) in [5.41, 5.74) is 1.93. The zero-order valence-corrected chi connectivity index (χ0v) is 14.6. The summed E-state index contributed by atoms with van der Waals surface area (Å²) in [6, 6.07) is 1.48. The molecule has 136 valence electrons. The molecule has 3 rings (SSSR count). The third-order valence-corrected chi connectivity index (χ3v) is 4.26. The van der Waals surface area contributed by atoms with Crippen molar-refractivity contribution in [1.82, 2.24) is 30.2 Å². The van der Waals surface area contributed by atoms with Gasteiger partial charge in [-0.25, -0.2) is 4.79 Å². The normalized spacial score (nSPS) is 17.8. The lowest BCUT2D eigenvalue weighted by atomic mass is 10.2. The minimum Gasteiger partial charge on any atom is -0.349 e. The molecule has 4 amide bonds. The highest BCUT2D eigenvalue weighted by molar-refractivity contribution is 6.04. The maximum atomic E-state index is 12.0. The number of imide groups is 1. The number of rotatable bonds is 6. The van der Waals surface area contributed by atoms with E-state index >= 15 is 0 Å². The molecule has 0 aromatic carbocycles. The van der Waals surface area contributed by atoms with E-state index in [-0.39, 0.29) is 31.4 Å². The minimum atomic E-state index is -0.525. The molecule has 0 aliphatic carbocycles. The van der Waals surface area contributed by atoms with Gasteiger partial charge < -0.3 is 10.6 Å². The lowest BCUT2D eigenvalue weighted by molar-refractivity contribution is -0.130. The van der Waals surface area contributed by atoms with Gasteiger partial charge in [-0.1, -0.05) is 13.8 Å². The third-order valence-electron chi connectivity index (χ3n) is 4.26. The number of nitrogens with zero attached hydrogens (tertiary/aromatic N) is 4. The second-order valence-electron chi connectivity index (χ2n) is 6.89. The summed E-state index contributed by atoms with van der Waals surface area (Å²) in [5, 5.41) is 9.62. The SMILES string of the molecule is CC(C)CN1CCn2nc(CNC(=O)CN3C(=O)CNC3=O)cc2C1. The predicted octanol–water partition coefficient (Wildman–Crippen LogP) is -0.477. The maximum Gasteiger partial charge on any atom is 0.325 e. The van der Waals surface area contributed by atoms with Crippen molar-refractivity contribution in [3.63, 3.8) is 0 Å². The summed E-state index contributed by atoms with van der Waals surface area (Å²) in [5.74, 6) is -0.139. The summed E-state index contributed by atoms with van der Waals surface area (Å²) in [7, 11) is 0. The first-order chi connectivity index (χ1) is 11.9. The van der Waals surface area contributed by atoms with Gasteiger partial charge in [0.15, 0.2) is 0 Å². The van der Waals surface area contributed by atoms with Crippen LogP contribution in [0.2, 0.25) is 0 Å². The molecule has 0 saturated carbocycles. The van der Waals surface area contributed by atoms with Crippen LogP contribution in [0.5, 0.6) is 0 Å². The molecule has 0 radical (unpaired) electrons. The number of urea groups is 1. The van der Waals surface area contributed by atoms with Crippen molar-refractivity contribution >= 4 is 17.8 Å². The predicted molar refractivity (Wildman–Crippen MR) is 89.3 cm³/mol. The number of hydrogen-bond donors (Lipinski definition) is 2. The van der Waals surface area contributed by atoms with E-state index in [0.717, 1.165) is 42.5 Å². The highest BCUT2D eigenvalue weighted by Gasteiger charge is 2.30. The molecule has 0 spiro atoms. The molecule has 0 bridgehead atoms. The molecule has 25 heavy (non-hydrogen) atoms. The molecule has 2 N–H and O–H groups in total. The number of hydrogen-bond acceptors (Lipinski definition) is 5. The fraction of sp³-hybridized carbons (Fsp3) is 0.625. The second-order valence-corrected chi connectivity index (χ2v) is 6.89. The smallest absolute Gasteiger partial charge is 0.325 e. The van der Waals surface area contributed by atoms with Gasteiger partial charge in [-0.05, 0) is 12.0 Å². The van der Waals surface area contributed by atoms with E-state index in [1.54, 1.807) is 0 Å². The van der Waals surface area contributed by atoms with Gasteiger partial charge in [-0.15, -0.1) is 0 Å². The van der Waals surface area contributed by atoms with Crippen molar-refractivity contribution in [2.75, 3.05) is 26.2 Å². The Morgan fingerprint density at radius 1 is 1.36 bits per heavy atom. The molecule has 1 aromatic heterocycles. The lowest BCUT2D eigenvalue weighted by Crippen LogP contribution is -2.40. The second kappa shape index (κ2) is 7.22. The Morgan fingerprint density at radius 2 is 2.16 bits per heavy atom. The van der Waals surface area contributed by atoms with Crippen LogP contribution in [0.25, 0.3) is 0 Å². The maximum absolute atomic E-state index is 12.0. The molecule has 2 aliphatic rings. The number of aromatic nitrogens is 2. The molecule has 1 saturated heterocycles. The van der Waals surface area contributed by atoms with Crippen molar-refractivity contribution in [3.8, 4) is 0 Å². The molecule has 3 heterocycles.